The number of carbonyl (C=O) groups excluding carboxylic acids is 2. The number of carbonyl (C=O) groups is 2. The molecule has 0 radical (unpaired) electrons. The summed E-state index contributed by atoms with van der Waals surface area (Å²) in [4.78, 5) is 25.6. The normalized spacial score (nSPS) is 13.5. The zero-order chi connectivity index (χ0) is 15.0. The van der Waals surface area contributed by atoms with E-state index in [0.29, 0.717) is 22.0 Å². The first-order valence-corrected chi connectivity index (χ1v) is 6.78. The highest BCUT2D eigenvalue weighted by atomic mass is 35.5. The van der Waals surface area contributed by atoms with E-state index < -0.39 is 11.7 Å². The van der Waals surface area contributed by atoms with Crippen molar-refractivity contribution in [2.24, 2.45) is 0 Å². The lowest BCUT2D eigenvalue weighted by Crippen LogP contribution is -2.29. The Morgan fingerprint density at radius 2 is 1.86 bits per heavy atom. The minimum absolute atomic E-state index is 0.241. The van der Waals surface area contributed by atoms with E-state index in [-0.39, 0.29) is 6.54 Å². The molecule has 106 valence electrons. The van der Waals surface area contributed by atoms with Crippen molar-refractivity contribution in [2.75, 3.05) is 12.0 Å². The zero-order valence-corrected chi connectivity index (χ0v) is 12.1. The summed E-state index contributed by atoms with van der Waals surface area (Å²) in [6.07, 6.45) is 0. The molecule has 0 aromatic heterocycles. The van der Waals surface area contributed by atoms with E-state index in [1.54, 1.807) is 25.3 Å². The minimum Gasteiger partial charge on any atom is -0.496 e. The van der Waals surface area contributed by atoms with Crippen molar-refractivity contribution in [1.29, 1.82) is 0 Å². The third-order valence-electron chi connectivity index (χ3n) is 3.46. The smallest absolute Gasteiger partial charge is 0.299 e. The highest BCUT2D eigenvalue weighted by molar-refractivity contribution is 6.54. The van der Waals surface area contributed by atoms with Crippen molar-refractivity contribution in [3.05, 3.63) is 58.6 Å². The van der Waals surface area contributed by atoms with Crippen LogP contribution in [0.4, 0.5) is 5.69 Å². The van der Waals surface area contributed by atoms with Crippen LogP contribution in [-0.4, -0.2) is 18.8 Å². The summed E-state index contributed by atoms with van der Waals surface area (Å²) >= 11 is 6.16. The Hall–Kier alpha value is -2.33. The average Bonchev–Trinajstić information content (AvgIpc) is 2.74. The number of halogens is 1. The highest BCUT2D eigenvalue weighted by Crippen LogP contribution is 2.37. The molecule has 0 spiro atoms. The van der Waals surface area contributed by atoms with Gasteiger partial charge in [0, 0.05) is 5.56 Å². The molecule has 0 bridgehead atoms. The molecule has 21 heavy (non-hydrogen) atoms. The van der Waals surface area contributed by atoms with Gasteiger partial charge in [-0.05, 0) is 18.2 Å². The Kier molecular flexibility index (Phi) is 3.39. The minimum atomic E-state index is -0.566. The topological polar surface area (TPSA) is 46.6 Å². The fourth-order valence-corrected chi connectivity index (χ4v) is 2.74. The fraction of sp³-hybridized carbons (Fsp3) is 0.125. The molecule has 4 nitrogen and oxygen atoms in total. The second-order valence-electron chi connectivity index (χ2n) is 4.67. The van der Waals surface area contributed by atoms with Crippen molar-refractivity contribution in [3.8, 4) is 5.75 Å². The SMILES string of the molecule is COc1ccccc1CN1C(=O)C(=O)c2cccc(Cl)c21. The maximum atomic E-state index is 12.2. The van der Waals surface area contributed by atoms with Crippen molar-refractivity contribution in [1.82, 2.24) is 0 Å². The first-order chi connectivity index (χ1) is 10.1. The Bertz CT molecular complexity index is 742. The van der Waals surface area contributed by atoms with Crippen molar-refractivity contribution in [3.63, 3.8) is 0 Å². The Morgan fingerprint density at radius 3 is 2.62 bits per heavy atom. The molecule has 0 aliphatic carbocycles. The molecule has 1 amide bonds. The summed E-state index contributed by atoms with van der Waals surface area (Å²) in [7, 11) is 1.57. The van der Waals surface area contributed by atoms with Crippen LogP contribution in [-0.2, 0) is 11.3 Å². The number of para-hydroxylation sites is 2. The fourth-order valence-electron chi connectivity index (χ4n) is 2.47. The summed E-state index contributed by atoms with van der Waals surface area (Å²) in [6, 6.07) is 12.3. The van der Waals surface area contributed by atoms with Crippen LogP contribution in [0.25, 0.3) is 0 Å². The number of fused-ring (bicyclic) bond motifs is 1. The predicted octanol–water partition coefficient (Wildman–Crippen LogP) is 3.08. The third kappa shape index (κ3) is 2.17. The van der Waals surface area contributed by atoms with Crippen LogP contribution in [0.5, 0.6) is 5.75 Å². The predicted molar refractivity (Wildman–Crippen MR) is 80.0 cm³/mol. The number of hydrogen-bond donors (Lipinski definition) is 0. The summed E-state index contributed by atoms with van der Waals surface area (Å²) in [5.41, 5.74) is 1.64. The molecule has 1 heterocycles. The standard InChI is InChI=1S/C16H12ClNO3/c1-21-13-8-3-2-5-10(13)9-18-14-11(15(19)16(18)20)6-4-7-12(14)17/h2-8H,9H2,1H3. The number of hydrogen-bond acceptors (Lipinski definition) is 3. The molecule has 0 saturated carbocycles. The van der Waals surface area contributed by atoms with Crippen molar-refractivity contribution >= 4 is 29.0 Å². The molecular formula is C16H12ClNO3. The maximum Gasteiger partial charge on any atom is 0.299 e. The lowest BCUT2D eigenvalue weighted by molar-refractivity contribution is -0.114. The summed E-state index contributed by atoms with van der Waals surface area (Å²) in [5, 5.41) is 0.390. The van der Waals surface area contributed by atoms with Crippen LogP contribution in [0, 0.1) is 0 Å². The van der Waals surface area contributed by atoms with Gasteiger partial charge in [0.25, 0.3) is 11.7 Å². The van der Waals surface area contributed by atoms with E-state index in [1.165, 1.54) is 4.90 Å². The maximum absolute atomic E-state index is 12.2. The number of rotatable bonds is 3. The molecule has 1 aliphatic rings. The summed E-state index contributed by atoms with van der Waals surface area (Å²) < 4.78 is 5.28. The second-order valence-corrected chi connectivity index (χ2v) is 5.08. The quantitative estimate of drug-likeness (QED) is 0.819. The molecule has 2 aromatic rings. The first-order valence-electron chi connectivity index (χ1n) is 6.40. The van der Waals surface area contributed by atoms with Crippen LogP contribution in [0.3, 0.4) is 0 Å². The molecule has 0 N–H and O–H groups in total. The van der Waals surface area contributed by atoms with Crippen LogP contribution in [0.15, 0.2) is 42.5 Å². The number of nitrogens with zero attached hydrogens (tertiary/aromatic N) is 1. The molecule has 1 aliphatic heterocycles. The van der Waals surface area contributed by atoms with E-state index >= 15 is 0 Å². The van der Waals surface area contributed by atoms with Crippen LogP contribution < -0.4 is 9.64 Å². The number of ketones is 1. The zero-order valence-electron chi connectivity index (χ0n) is 11.3. The van der Waals surface area contributed by atoms with Gasteiger partial charge in [0.05, 0.1) is 29.9 Å². The molecular weight excluding hydrogens is 290 g/mol. The largest absolute Gasteiger partial charge is 0.496 e. The van der Waals surface area contributed by atoms with E-state index in [4.69, 9.17) is 16.3 Å². The van der Waals surface area contributed by atoms with Crippen molar-refractivity contribution < 1.29 is 14.3 Å². The molecule has 0 saturated heterocycles. The van der Waals surface area contributed by atoms with Crippen LogP contribution in [0.2, 0.25) is 5.02 Å². The first kappa shape index (κ1) is 13.6. The molecule has 3 rings (SSSR count). The second kappa shape index (κ2) is 5.22. The van der Waals surface area contributed by atoms with Gasteiger partial charge in [0.1, 0.15) is 5.75 Å². The van der Waals surface area contributed by atoms with Crippen molar-refractivity contribution in [2.45, 2.75) is 6.54 Å². The number of benzene rings is 2. The van der Waals surface area contributed by atoms with E-state index in [0.717, 1.165) is 5.56 Å². The molecule has 5 heteroatoms. The Balaban J connectivity index is 2.04. The van der Waals surface area contributed by atoms with Gasteiger partial charge in [-0.15, -0.1) is 0 Å². The van der Waals surface area contributed by atoms with Gasteiger partial charge in [0.15, 0.2) is 0 Å². The van der Waals surface area contributed by atoms with E-state index in [9.17, 15) is 9.59 Å². The Labute approximate surface area is 126 Å². The molecule has 2 aromatic carbocycles. The number of Topliss-reactive ketones (excluding diaryl/α,β-unsaturated/α-hetero) is 1. The van der Waals surface area contributed by atoms with Gasteiger partial charge in [-0.2, -0.15) is 0 Å². The van der Waals surface area contributed by atoms with Gasteiger partial charge in [-0.1, -0.05) is 35.9 Å². The van der Waals surface area contributed by atoms with Gasteiger partial charge < -0.3 is 4.74 Å². The van der Waals surface area contributed by atoms with Gasteiger partial charge in [0.2, 0.25) is 0 Å². The van der Waals surface area contributed by atoms with Gasteiger partial charge in [-0.3, -0.25) is 14.5 Å². The lowest BCUT2D eigenvalue weighted by atomic mass is 10.1. The Morgan fingerprint density at radius 1 is 1.10 bits per heavy atom. The molecule has 0 unspecified atom stereocenters. The lowest BCUT2D eigenvalue weighted by Gasteiger charge is -2.19. The number of methoxy groups -OCH3 is 1. The van der Waals surface area contributed by atoms with Gasteiger partial charge in [-0.25, -0.2) is 0 Å². The van der Waals surface area contributed by atoms with E-state index in [2.05, 4.69) is 0 Å². The van der Waals surface area contributed by atoms with Gasteiger partial charge >= 0.3 is 0 Å². The van der Waals surface area contributed by atoms with E-state index in [1.807, 2.05) is 24.3 Å². The average molecular weight is 302 g/mol. The third-order valence-corrected chi connectivity index (χ3v) is 3.77. The highest BCUT2D eigenvalue weighted by Gasteiger charge is 2.37. The summed E-state index contributed by atoms with van der Waals surface area (Å²) in [6.45, 7) is 0.241. The number of amides is 1. The molecule has 0 fully saturated rings. The molecule has 0 atom stereocenters. The monoisotopic (exact) mass is 301 g/mol. The van der Waals surface area contributed by atoms with Crippen LogP contribution >= 0.6 is 11.6 Å². The summed E-state index contributed by atoms with van der Waals surface area (Å²) in [5.74, 6) is -0.426. The number of ether oxygens (including phenoxy) is 1. The van der Waals surface area contributed by atoms with Crippen LogP contribution in [0.1, 0.15) is 15.9 Å². The number of anilines is 1.